The molecule has 7 heteroatoms. The predicted octanol–water partition coefficient (Wildman–Crippen LogP) is 2.55. The third kappa shape index (κ3) is 3.18. The number of aryl methyl sites for hydroxylation is 1. The topological polar surface area (TPSA) is 57.6 Å². The Labute approximate surface area is 170 Å². The van der Waals surface area contributed by atoms with Gasteiger partial charge in [0.2, 0.25) is 0 Å². The van der Waals surface area contributed by atoms with Gasteiger partial charge in [-0.3, -0.25) is 0 Å². The van der Waals surface area contributed by atoms with E-state index in [9.17, 15) is 8.42 Å². The molecule has 0 bridgehead atoms. The van der Waals surface area contributed by atoms with Crippen molar-refractivity contribution < 1.29 is 9.79 Å². The second kappa shape index (κ2) is 7.44. The minimum Gasteiger partial charge on any atom is -0.347 e. The number of nitrogens with one attached hydrogen (secondary N) is 1. The van der Waals surface area contributed by atoms with E-state index in [-0.39, 0.29) is 25.0 Å². The lowest BCUT2D eigenvalue weighted by Gasteiger charge is -2.45. The molecule has 1 saturated heterocycles. The summed E-state index contributed by atoms with van der Waals surface area (Å²) < 4.78 is 40.4. The van der Waals surface area contributed by atoms with E-state index in [0.717, 1.165) is 19.4 Å². The van der Waals surface area contributed by atoms with Crippen molar-refractivity contribution in [1.82, 2.24) is 18.5 Å². The van der Waals surface area contributed by atoms with Gasteiger partial charge in [0, 0.05) is 62.7 Å². The highest BCUT2D eigenvalue weighted by Gasteiger charge is 2.41. The van der Waals surface area contributed by atoms with Crippen LogP contribution >= 0.6 is 0 Å². The Morgan fingerprint density at radius 1 is 1.29 bits per heavy atom. The van der Waals surface area contributed by atoms with Crippen LogP contribution in [0.25, 0.3) is 10.9 Å². The molecule has 0 saturated carbocycles. The van der Waals surface area contributed by atoms with E-state index >= 15 is 0 Å². The monoisotopic (exact) mass is 406 g/mol. The zero-order chi connectivity index (χ0) is 20.8. The van der Waals surface area contributed by atoms with Crippen LogP contribution in [0.4, 0.5) is 0 Å². The highest BCUT2D eigenvalue weighted by atomic mass is 32.2. The minimum absolute atomic E-state index is 0.183. The maximum Gasteiger partial charge on any atom is 0.279 e. The Morgan fingerprint density at radius 3 is 2.75 bits per heavy atom. The summed E-state index contributed by atoms with van der Waals surface area (Å²) >= 11 is 0. The van der Waals surface area contributed by atoms with Crippen LogP contribution in [0.5, 0.6) is 0 Å². The van der Waals surface area contributed by atoms with E-state index in [4.69, 9.17) is 1.37 Å². The molecule has 2 aromatic rings. The molecule has 154 valence electrons. The van der Waals surface area contributed by atoms with Gasteiger partial charge in [0.25, 0.3) is 10.2 Å². The number of benzene rings is 1. The van der Waals surface area contributed by atoms with Crippen molar-refractivity contribution in [3.05, 3.63) is 35.5 Å². The summed E-state index contributed by atoms with van der Waals surface area (Å²) in [5.74, 6) is 0.238. The van der Waals surface area contributed by atoms with E-state index in [1.54, 1.807) is 0 Å². The molecule has 1 fully saturated rings. The Kier molecular flexibility index (Phi) is 4.95. The first-order valence-corrected chi connectivity index (χ1v) is 11.8. The van der Waals surface area contributed by atoms with Gasteiger partial charge in [0.05, 0.1) is 0 Å². The van der Waals surface area contributed by atoms with E-state index in [0.29, 0.717) is 19.6 Å². The number of aromatic nitrogens is 1. The maximum absolute atomic E-state index is 12.8. The summed E-state index contributed by atoms with van der Waals surface area (Å²) in [7, 11) is -3.33. The summed E-state index contributed by atoms with van der Waals surface area (Å²) in [6.45, 7) is 8.32. The number of fused-ring (bicyclic) bond motifs is 2. The smallest absolute Gasteiger partial charge is 0.279 e. The molecule has 1 aromatic heterocycles. The first kappa shape index (κ1) is 18.6. The third-order valence-electron chi connectivity index (χ3n) is 6.47. The normalized spacial score (nSPS) is 25.9. The summed E-state index contributed by atoms with van der Waals surface area (Å²) in [4.78, 5) is 2.15. The molecule has 4 rings (SSSR count). The lowest BCUT2D eigenvalue weighted by molar-refractivity contribution is 0.135. The second-order valence-electron chi connectivity index (χ2n) is 7.97. The highest BCUT2D eigenvalue weighted by Crippen LogP contribution is 2.43. The molecule has 28 heavy (non-hydrogen) atoms. The largest absolute Gasteiger partial charge is 0.347 e. The van der Waals surface area contributed by atoms with Crippen LogP contribution in [-0.4, -0.2) is 60.9 Å². The fourth-order valence-electron chi connectivity index (χ4n) is 5.17. The van der Waals surface area contributed by atoms with E-state index < -0.39 is 10.2 Å². The average molecular weight is 407 g/mol. The van der Waals surface area contributed by atoms with Gasteiger partial charge in [-0.15, -0.1) is 0 Å². The van der Waals surface area contributed by atoms with E-state index in [1.165, 1.54) is 26.3 Å². The van der Waals surface area contributed by atoms with Gasteiger partial charge >= 0.3 is 0 Å². The van der Waals surface area contributed by atoms with Crippen LogP contribution < -0.4 is 4.72 Å². The molecule has 3 atom stereocenters. The molecule has 2 aliphatic rings. The lowest BCUT2D eigenvalue weighted by Crippen LogP contribution is -2.56. The molecule has 6 nitrogen and oxygen atoms in total. The highest BCUT2D eigenvalue weighted by molar-refractivity contribution is 7.87. The van der Waals surface area contributed by atoms with Crippen LogP contribution in [0.2, 0.25) is 0 Å². The van der Waals surface area contributed by atoms with Crippen LogP contribution in [0.3, 0.4) is 0 Å². The molecule has 0 unspecified atom stereocenters. The zero-order valence-corrected chi connectivity index (χ0v) is 17.9. The summed E-state index contributed by atoms with van der Waals surface area (Å²) in [6, 6.07) is 6.57. The Morgan fingerprint density at radius 2 is 2.07 bits per heavy atom. The molecule has 0 amide bonds. The quantitative estimate of drug-likeness (QED) is 0.802. The third-order valence-corrected chi connectivity index (χ3v) is 8.30. The van der Waals surface area contributed by atoms with Gasteiger partial charge in [-0.25, -0.2) is 0 Å². The number of nitrogens with zero attached hydrogens (tertiary/aromatic N) is 3. The minimum atomic E-state index is -3.51. The van der Waals surface area contributed by atoms with Crippen molar-refractivity contribution in [3.63, 3.8) is 0 Å². The molecule has 1 aliphatic carbocycles. The van der Waals surface area contributed by atoms with Gasteiger partial charge in [-0.2, -0.15) is 17.4 Å². The fourth-order valence-corrected chi connectivity index (χ4v) is 6.59. The SMILES string of the molecule is [3H]CN1C[C@@H](NS(=O)(=O)N(CC)CC)C[C@H]2c3cccc4c3c(cn4CC)C[C@H]21. The van der Waals surface area contributed by atoms with Crippen molar-refractivity contribution in [2.24, 2.45) is 0 Å². The van der Waals surface area contributed by atoms with Gasteiger partial charge in [0.1, 0.15) is 0 Å². The first-order chi connectivity index (χ1) is 13.9. The first-order valence-electron chi connectivity index (χ1n) is 11.0. The molecule has 2 heterocycles. The molecule has 1 aromatic carbocycles. The molecular formula is C21H32N4O2S. The zero-order valence-electron chi connectivity index (χ0n) is 18.1. The lowest BCUT2D eigenvalue weighted by atomic mass is 9.74. The van der Waals surface area contributed by atoms with Crippen LogP contribution in [0, 0.1) is 0 Å². The van der Waals surface area contributed by atoms with Gasteiger partial charge in [-0.1, -0.05) is 26.0 Å². The van der Waals surface area contributed by atoms with Crippen molar-refractivity contribution in [1.29, 1.82) is 0 Å². The molecular weight excluding hydrogens is 372 g/mol. The maximum atomic E-state index is 12.8. The average Bonchev–Trinajstić information content (AvgIpc) is 3.07. The predicted molar refractivity (Wildman–Crippen MR) is 114 cm³/mol. The van der Waals surface area contributed by atoms with Crippen molar-refractivity contribution in [2.45, 2.75) is 58.2 Å². The fraction of sp³-hybridized carbons (Fsp3) is 0.619. The molecule has 0 radical (unpaired) electrons. The van der Waals surface area contributed by atoms with E-state index in [2.05, 4.69) is 45.5 Å². The number of rotatable bonds is 6. The van der Waals surface area contributed by atoms with Crippen LogP contribution in [-0.2, 0) is 23.2 Å². The molecule has 1 aliphatic heterocycles. The summed E-state index contributed by atoms with van der Waals surface area (Å²) in [6.07, 6.45) is 3.97. The van der Waals surface area contributed by atoms with Crippen LogP contribution in [0.15, 0.2) is 24.4 Å². The number of hydrogen-bond donors (Lipinski definition) is 1. The van der Waals surface area contributed by atoms with Gasteiger partial charge in [0.15, 0.2) is 0 Å². The second-order valence-corrected chi connectivity index (χ2v) is 9.67. The standard InChI is InChI=1S/C21H32N4O2S/c1-5-24-13-15-11-20-18(17-9-8-10-19(24)21(15)17)12-16(14-23(20)4)22-28(26,27)25(6-2)7-3/h8-10,13,16,18,20,22H,5-7,11-12,14H2,1-4H3/t16-,18-,20+/m0/s1/i4T. The van der Waals surface area contributed by atoms with Gasteiger partial charge in [-0.05, 0) is 44.0 Å². The molecule has 1 N–H and O–H groups in total. The summed E-state index contributed by atoms with van der Waals surface area (Å²) in [5, 5.41) is 1.34. The Balaban J connectivity index is 1.69. The van der Waals surface area contributed by atoms with Crippen molar-refractivity contribution >= 4 is 21.1 Å². The Bertz CT molecular complexity index is 986. The number of piperidine rings is 1. The van der Waals surface area contributed by atoms with Crippen LogP contribution in [0.1, 0.15) is 45.6 Å². The number of likely N-dealkylation sites (N-methyl/N-ethyl adjacent to an activating group) is 1. The van der Waals surface area contributed by atoms with E-state index in [1.807, 2.05) is 13.8 Å². The van der Waals surface area contributed by atoms with Crippen molar-refractivity contribution in [3.8, 4) is 0 Å². The summed E-state index contributed by atoms with van der Waals surface area (Å²) in [5.41, 5.74) is 3.94. The molecule has 0 spiro atoms. The van der Waals surface area contributed by atoms with Crippen molar-refractivity contribution in [2.75, 3.05) is 26.7 Å². The van der Waals surface area contributed by atoms with Gasteiger partial charge < -0.3 is 9.47 Å². The number of hydrogen-bond acceptors (Lipinski definition) is 3. The Hall–Kier alpha value is -1.41. The number of likely N-dealkylation sites (tertiary alicyclic amines) is 1.